The molecule has 0 atom stereocenters. The molecule has 0 aliphatic carbocycles. The molecule has 0 saturated heterocycles. The van der Waals surface area contributed by atoms with Crippen molar-refractivity contribution in [2.24, 2.45) is 0 Å². The highest BCUT2D eigenvalue weighted by molar-refractivity contribution is 6.31. The molecule has 4 nitrogen and oxygen atoms in total. The molecule has 0 fully saturated rings. The smallest absolute Gasteiger partial charge is 0.256 e. The second-order valence-electron chi connectivity index (χ2n) is 1.30. The van der Waals surface area contributed by atoms with Crippen molar-refractivity contribution in [2.45, 2.75) is 0 Å². The summed E-state index contributed by atoms with van der Waals surface area (Å²) < 4.78 is 4.85. The van der Waals surface area contributed by atoms with Crippen LogP contribution in [0.15, 0.2) is 12.7 Å². The van der Waals surface area contributed by atoms with Crippen molar-refractivity contribution in [1.82, 2.24) is 10.5 Å². The summed E-state index contributed by atoms with van der Waals surface area (Å²) in [5, 5.41) is 2.67. The Hall–Kier alpha value is -0.436. The topological polar surface area (TPSA) is 50.4 Å². The molecule has 52 valence electrons. The normalized spacial score (nSPS) is 10.2. The highest BCUT2D eigenvalue weighted by Crippen LogP contribution is 1.59. The predicted octanol–water partition coefficient (Wildman–Crippen LogP) is -2.91. The minimum atomic E-state index is -0.698. The Labute approximate surface area is 59.2 Å². The van der Waals surface area contributed by atoms with Crippen molar-refractivity contribution < 1.29 is 8.91 Å². The average molecular weight is 162 g/mol. The average Bonchev–Trinajstić information content (AvgIpc) is 1.89. The van der Waals surface area contributed by atoms with E-state index in [0.29, 0.717) is 0 Å². The molecule has 2 N–H and O–H groups in total. The van der Waals surface area contributed by atoms with Crippen LogP contribution in [0, 0.1) is 0 Å². The largest absolute Gasteiger partial charge is 0.456 e. The summed E-state index contributed by atoms with van der Waals surface area (Å²) in [6, 6.07) is 0. The van der Waals surface area contributed by atoms with Gasteiger partial charge in [0, 0.05) is 0 Å². The second-order valence-corrected chi connectivity index (χ2v) is 4.25. The highest BCUT2D eigenvalue weighted by atomic mass is 28.3. The Balaban J connectivity index is 3.07. The minimum absolute atomic E-state index is 0.221. The molecule has 6 heteroatoms. The minimum Gasteiger partial charge on any atom is -0.456 e. The van der Waals surface area contributed by atoms with Gasteiger partial charge in [-0.3, -0.25) is 10.2 Å². The molecule has 9 heavy (non-hydrogen) atoms. The fourth-order valence-corrected chi connectivity index (χ4v) is 1.07. The monoisotopic (exact) mass is 162 g/mol. The van der Waals surface area contributed by atoms with Crippen LogP contribution < -0.4 is 10.5 Å². The lowest BCUT2D eigenvalue weighted by Crippen LogP contribution is -2.39. The summed E-state index contributed by atoms with van der Waals surface area (Å²) in [6.07, 6.45) is 1.20. The first-order valence-electron chi connectivity index (χ1n) is 2.45. The van der Waals surface area contributed by atoms with E-state index in [1.54, 1.807) is 0 Å². The third-order valence-electron chi connectivity index (χ3n) is 0.613. The zero-order valence-electron chi connectivity index (χ0n) is 5.31. The van der Waals surface area contributed by atoms with Crippen molar-refractivity contribution in [3.8, 4) is 0 Å². The molecule has 0 aromatic carbocycles. The van der Waals surface area contributed by atoms with E-state index in [1.807, 2.05) is 0 Å². The second kappa shape index (κ2) is 5.70. The number of carbonyl (C=O) groups is 1. The quantitative estimate of drug-likeness (QED) is 0.202. The molecule has 0 bridgehead atoms. The lowest BCUT2D eigenvalue weighted by atomic mass is 10.6. The number of hydrogen-bond acceptors (Lipinski definition) is 3. The van der Waals surface area contributed by atoms with Gasteiger partial charge in [-0.2, -0.15) is 0 Å². The molecule has 0 spiro atoms. The van der Waals surface area contributed by atoms with Crippen LogP contribution in [0.3, 0.4) is 0 Å². The van der Waals surface area contributed by atoms with Crippen LogP contribution in [0.25, 0.3) is 0 Å². The number of amides is 1. The fourth-order valence-electron chi connectivity index (χ4n) is 0.246. The number of nitrogens with one attached hydrogen (secondary N) is 2. The summed E-state index contributed by atoms with van der Waals surface area (Å²) in [4.78, 5) is 10.4. The van der Waals surface area contributed by atoms with E-state index in [-0.39, 0.29) is 5.91 Å². The maximum Gasteiger partial charge on any atom is 0.256 e. The third-order valence-corrected chi connectivity index (χ3v) is 2.09. The van der Waals surface area contributed by atoms with Crippen molar-refractivity contribution in [3.05, 3.63) is 12.7 Å². The molecule has 0 aliphatic rings. The van der Waals surface area contributed by atoms with Crippen molar-refractivity contribution in [2.75, 3.05) is 0 Å². The zero-order chi connectivity index (χ0) is 7.11. The molecule has 0 unspecified atom stereocenters. The van der Waals surface area contributed by atoms with E-state index in [4.69, 9.17) is 4.12 Å². The number of rotatable bonds is 4. The predicted molar refractivity (Wildman–Crippen MR) is 41.0 cm³/mol. The van der Waals surface area contributed by atoms with Crippen LogP contribution in [-0.4, -0.2) is 26.3 Å². The fraction of sp³-hybridized carbons (Fsp3) is 0. The first kappa shape index (κ1) is 8.56. The molecule has 1 amide bonds. The van der Waals surface area contributed by atoms with Crippen LogP contribution in [0.4, 0.5) is 0 Å². The molecular weight excluding hydrogens is 152 g/mol. The van der Waals surface area contributed by atoms with Crippen molar-refractivity contribution >= 4 is 26.3 Å². The Kier molecular flexibility index (Phi) is 5.42. The number of hydrazine groups is 1. The van der Waals surface area contributed by atoms with Crippen LogP contribution >= 0.6 is 0 Å². The van der Waals surface area contributed by atoms with E-state index >= 15 is 0 Å². The lowest BCUT2D eigenvalue weighted by molar-refractivity contribution is -0.117. The van der Waals surface area contributed by atoms with Crippen LogP contribution in [0.5, 0.6) is 0 Å². The summed E-state index contributed by atoms with van der Waals surface area (Å²) in [5.41, 5.74) is 2.39. The Morgan fingerprint density at radius 2 is 2.56 bits per heavy atom. The lowest BCUT2D eigenvalue weighted by Gasteiger charge is -2.00. The Bertz CT molecular complexity index is 108. The molecule has 0 heterocycles. The van der Waals surface area contributed by atoms with Gasteiger partial charge in [0.1, 0.15) is 10.5 Å². The van der Waals surface area contributed by atoms with Gasteiger partial charge in [0.2, 0.25) is 9.92 Å². The van der Waals surface area contributed by atoms with Gasteiger partial charge in [-0.15, -0.1) is 0 Å². The molecular formula is C3H10N2O2Si2. The van der Waals surface area contributed by atoms with Crippen LogP contribution in [0.1, 0.15) is 0 Å². The highest BCUT2D eigenvalue weighted by Gasteiger charge is 1.88. The molecule has 0 rings (SSSR count). The molecule has 0 aromatic rings. The van der Waals surface area contributed by atoms with Crippen molar-refractivity contribution in [3.63, 3.8) is 0 Å². The van der Waals surface area contributed by atoms with Gasteiger partial charge in [-0.05, 0) is 6.08 Å². The van der Waals surface area contributed by atoms with Gasteiger partial charge >= 0.3 is 0 Å². The van der Waals surface area contributed by atoms with E-state index in [9.17, 15) is 4.79 Å². The van der Waals surface area contributed by atoms with E-state index in [1.165, 1.54) is 6.08 Å². The Morgan fingerprint density at radius 1 is 1.89 bits per heavy atom. The maximum atomic E-state index is 10.4. The third kappa shape index (κ3) is 5.43. The SMILES string of the molecule is C=CC(=O)NN[SiH2]O[SiH3]. The van der Waals surface area contributed by atoms with Gasteiger partial charge < -0.3 is 4.12 Å². The molecule has 0 saturated carbocycles. The van der Waals surface area contributed by atoms with Gasteiger partial charge in [0.05, 0.1) is 0 Å². The van der Waals surface area contributed by atoms with E-state index in [2.05, 4.69) is 17.1 Å². The summed E-state index contributed by atoms with van der Waals surface area (Å²) >= 11 is 0. The first-order valence-corrected chi connectivity index (χ1v) is 4.55. The first-order chi connectivity index (χ1) is 4.31. The van der Waals surface area contributed by atoms with Crippen molar-refractivity contribution in [1.29, 1.82) is 0 Å². The van der Waals surface area contributed by atoms with Crippen LogP contribution in [-0.2, 0) is 8.91 Å². The molecule has 0 radical (unpaired) electrons. The van der Waals surface area contributed by atoms with Crippen LogP contribution in [0.2, 0.25) is 0 Å². The standard InChI is InChI=1S/C3H10N2O2Si2/c1-2-3(6)4-5-9-7-8/h2,5H,1,9H2,8H3,(H,4,6). The number of carbonyl (C=O) groups excluding carboxylic acids is 1. The van der Waals surface area contributed by atoms with Gasteiger partial charge in [-0.1, -0.05) is 6.58 Å². The van der Waals surface area contributed by atoms with Gasteiger partial charge in [0.25, 0.3) is 5.91 Å². The van der Waals surface area contributed by atoms with Gasteiger partial charge in [-0.25, -0.2) is 5.09 Å². The maximum absolute atomic E-state index is 10.4. The Morgan fingerprint density at radius 3 is 3.00 bits per heavy atom. The molecule has 0 aliphatic heterocycles. The van der Waals surface area contributed by atoms with E-state index in [0.717, 1.165) is 10.5 Å². The summed E-state index contributed by atoms with van der Waals surface area (Å²) in [7, 11) is 0.0243. The number of hydrogen-bond donors (Lipinski definition) is 2. The summed E-state index contributed by atoms with van der Waals surface area (Å²) in [5.74, 6) is -0.221. The molecule has 0 aromatic heterocycles. The zero-order valence-corrected chi connectivity index (χ0v) is 8.72. The van der Waals surface area contributed by atoms with E-state index < -0.39 is 9.92 Å². The summed E-state index contributed by atoms with van der Waals surface area (Å²) in [6.45, 7) is 3.27. The van der Waals surface area contributed by atoms with Gasteiger partial charge in [0.15, 0.2) is 0 Å².